The molecule has 0 unspecified atom stereocenters. The van der Waals surface area contributed by atoms with E-state index >= 15 is 0 Å². The Morgan fingerprint density at radius 1 is 0.944 bits per heavy atom. The number of amides is 2. The van der Waals surface area contributed by atoms with Crippen LogP contribution in [0.1, 0.15) is 38.3 Å². The van der Waals surface area contributed by atoms with E-state index in [-0.39, 0.29) is 29.9 Å². The third-order valence-electron chi connectivity index (χ3n) is 6.56. The summed E-state index contributed by atoms with van der Waals surface area (Å²) in [6.07, 6.45) is 0.761. The zero-order valence-electron chi connectivity index (χ0n) is 21.6. The van der Waals surface area contributed by atoms with E-state index in [2.05, 4.69) is 5.32 Å². The van der Waals surface area contributed by atoms with Gasteiger partial charge in [-0.15, -0.1) is 0 Å². The van der Waals surface area contributed by atoms with Gasteiger partial charge in [-0.05, 0) is 61.2 Å². The molecule has 0 fully saturated rings. The number of fused-ring (bicyclic) bond motifs is 1. The van der Waals surface area contributed by atoms with E-state index in [9.17, 15) is 18.0 Å². The standard InChI is InChI=1S/C28H35N3O4S/c1-6-21(3)29-28(33)22(4)31(18-25-14-8-7-11-20(25)2)27(32)19-30(5)36(34,35)26-16-15-23-12-9-10-13-24(23)17-26/h7-17,21-22H,6,18-19H2,1-5H3,(H,29,33)/t21-,22+/m0/s1. The number of hydrogen-bond acceptors (Lipinski definition) is 4. The number of sulfonamides is 1. The molecule has 1 N–H and O–H groups in total. The Morgan fingerprint density at radius 3 is 2.25 bits per heavy atom. The quantitative estimate of drug-likeness (QED) is 0.446. The van der Waals surface area contributed by atoms with Crippen molar-refractivity contribution in [1.82, 2.24) is 14.5 Å². The zero-order chi connectivity index (χ0) is 26.5. The van der Waals surface area contributed by atoms with Crippen molar-refractivity contribution in [1.29, 1.82) is 0 Å². The molecule has 0 spiro atoms. The first-order chi connectivity index (χ1) is 17.0. The van der Waals surface area contributed by atoms with Crippen LogP contribution in [-0.2, 0) is 26.2 Å². The van der Waals surface area contributed by atoms with Crippen molar-refractivity contribution in [2.75, 3.05) is 13.6 Å². The molecule has 36 heavy (non-hydrogen) atoms. The van der Waals surface area contributed by atoms with Gasteiger partial charge in [-0.3, -0.25) is 9.59 Å². The lowest BCUT2D eigenvalue weighted by atomic mass is 10.1. The number of nitrogens with one attached hydrogen (secondary N) is 1. The maximum Gasteiger partial charge on any atom is 0.243 e. The molecule has 0 aliphatic carbocycles. The van der Waals surface area contributed by atoms with Crippen molar-refractivity contribution in [2.24, 2.45) is 0 Å². The third kappa shape index (κ3) is 6.30. The van der Waals surface area contributed by atoms with E-state index in [0.717, 1.165) is 32.6 Å². The molecule has 0 aliphatic heterocycles. The number of aryl methyl sites for hydroxylation is 1. The van der Waals surface area contributed by atoms with Crippen molar-refractivity contribution in [2.45, 2.75) is 57.6 Å². The van der Waals surface area contributed by atoms with Crippen LogP contribution in [0.4, 0.5) is 0 Å². The van der Waals surface area contributed by atoms with Gasteiger partial charge in [-0.1, -0.05) is 61.5 Å². The minimum absolute atomic E-state index is 0.0358. The van der Waals surface area contributed by atoms with Gasteiger partial charge in [0.05, 0.1) is 11.4 Å². The zero-order valence-corrected chi connectivity index (χ0v) is 22.4. The molecule has 0 aromatic heterocycles. The van der Waals surface area contributed by atoms with Crippen molar-refractivity contribution in [3.8, 4) is 0 Å². The van der Waals surface area contributed by atoms with Crippen molar-refractivity contribution >= 4 is 32.6 Å². The van der Waals surface area contributed by atoms with Crippen LogP contribution in [0.2, 0.25) is 0 Å². The van der Waals surface area contributed by atoms with Crippen molar-refractivity contribution < 1.29 is 18.0 Å². The summed E-state index contributed by atoms with van der Waals surface area (Å²) < 4.78 is 27.7. The van der Waals surface area contributed by atoms with E-state index in [1.165, 1.54) is 11.9 Å². The molecular formula is C28H35N3O4S. The number of likely N-dealkylation sites (N-methyl/N-ethyl adjacent to an activating group) is 1. The molecule has 3 aromatic carbocycles. The Morgan fingerprint density at radius 2 is 1.58 bits per heavy atom. The minimum atomic E-state index is -3.92. The van der Waals surface area contributed by atoms with E-state index < -0.39 is 22.0 Å². The molecule has 0 radical (unpaired) electrons. The van der Waals surface area contributed by atoms with Crippen molar-refractivity contribution in [3.05, 3.63) is 77.9 Å². The van der Waals surface area contributed by atoms with Gasteiger partial charge in [0, 0.05) is 19.6 Å². The maximum atomic E-state index is 13.5. The molecule has 3 aromatic rings. The number of carbonyl (C=O) groups excluding carboxylic acids is 2. The first-order valence-electron chi connectivity index (χ1n) is 12.1. The highest BCUT2D eigenvalue weighted by molar-refractivity contribution is 7.89. The third-order valence-corrected chi connectivity index (χ3v) is 8.36. The summed E-state index contributed by atoms with van der Waals surface area (Å²) in [6, 6.07) is 19.2. The summed E-state index contributed by atoms with van der Waals surface area (Å²) in [6.45, 7) is 7.30. The largest absolute Gasteiger partial charge is 0.352 e. The summed E-state index contributed by atoms with van der Waals surface area (Å²) in [4.78, 5) is 28.0. The van der Waals surface area contributed by atoms with Gasteiger partial charge in [0.2, 0.25) is 21.8 Å². The first kappa shape index (κ1) is 27.4. The number of carbonyl (C=O) groups is 2. The molecule has 0 saturated carbocycles. The molecule has 192 valence electrons. The fraction of sp³-hybridized carbons (Fsp3) is 0.357. The average molecular weight is 510 g/mol. The van der Waals surface area contributed by atoms with E-state index in [1.54, 1.807) is 25.1 Å². The Bertz CT molecular complexity index is 1340. The SMILES string of the molecule is CC[C@H](C)NC(=O)[C@@H](C)N(Cc1ccccc1C)C(=O)CN(C)S(=O)(=O)c1ccc2ccccc2c1. The monoisotopic (exact) mass is 509 g/mol. The fourth-order valence-electron chi connectivity index (χ4n) is 3.89. The van der Waals surface area contributed by atoms with Gasteiger partial charge >= 0.3 is 0 Å². The van der Waals surface area contributed by atoms with Crippen LogP contribution < -0.4 is 5.32 Å². The smallest absolute Gasteiger partial charge is 0.243 e. The lowest BCUT2D eigenvalue weighted by molar-refractivity contribution is -0.140. The summed E-state index contributed by atoms with van der Waals surface area (Å²) in [5.74, 6) is -0.719. The van der Waals surface area contributed by atoms with Crippen LogP contribution in [0.15, 0.2) is 71.6 Å². The van der Waals surface area contributed by atoms with Crippen LogP contribution in [0.3, 0.4) is 0 Å². The number of nitrogens with zero attached hydrogens (tertiary/aromatic N) is 2. The second kappa shape index (κ2) is 11.7. The minimum Gasteiger partial charge on any atom is -0.352 e. The summed E-state index contributed by atoms with van der Waals surface area (Å²) in [7, 11) is -2.54. The van der Waals surface area contributed by atoms with Gasteiger partial charge in [0.15, 0.2) is 0 Å². The van der Waals surface area contributed by atoms with Gasteiger partial charge in [0.1, 0.15) is 6.04 Å². The fourth-order valence-corrected chi connectivity index (χ4v) is 5.05. The number of rotatable bonds is 10. The molecule has 0 bridgehead atoms. The lowest BCUT2D eigenvalue weighted by Crippen LogP contribution is -2.52. The molecule has 2 atom stereocenters. The van der Waals surface area contributed by atoms with Crippen LogP contribution in [-0.4, -0.2) is 55.1 Å². The van der Waals surface area contributed by atoms with Crippen LogP contribution in [0.5, 0.6) is 0 Å². The highest BCUT2D eigenvalue weighted by Gasteiger charge is 2.31. The molecule has 2 amide bonds. The Kier molecular flexibility index (Phi) is 8.87. The van der Waals surface area contributed by atoms with Gasteiger partial charge in [-0.25, -0.2) is 8.42 Å². The van der Waals surface area contributed by atoms with E-state index in [4.69, 9.17) is 0 Å². The second-order valence-electron chi connectivity index (χ2n) is 9.21. The molecule has 8 heteroatoms. The Hall–Kier alpha value is -3.23. The number of benzene rings is 3. The maximum absolute atomic E-state index is 13.5. The topological polar surface area (TPSA) is 86.8 Å². The highest BCUT2D eigenvalue weighted by Crippen LogP contribution is 2.22. The molecule has 0 heterocycles. The summed E-state index contributed by atoms with van der Waals surface area (Å²) in [5, 5.41) is 4.66. The molecular weight excluding hydrogens is 474 g/mol. The molecule has 0 aliphatic rings. The predicted octanol–water partition coefficient (Wildman–Crippen LogP) is 4.10. The van der Waals surface area contributed by atoms with Gasteiger partial charge in [0.25, 0.3) is 0 Å². The Balaban J connectivity index is 1.86. The van der Waals surface area contributed by atoms with Crippen LogP contribution >= 0.6 is 0 Å². The predicted molar refractivity (Wildman–Crippen MR) is 143 cm³/mol. The van der Waals surface area contributed by atoms with Gasteiger partial charge < -0.3 is 10.2 Å². The number of hydrogen-bond donors (Lipinski definition) is 1. The average Bonchev–Trinajstić information content (AvgIpc) is 2.87. The van der Waals surface area contributed by atoms with Crippen LogP contribution in [0.25, 0.3) is 10.8 Å². The van der Waals surface area contributed by atoms with Crippen LogP contribution in [0, 0.1) is 6.92 Å². The van der Waals surface area contributed by atoms with E-state index in [0.29, 0.717) is 0 Å². The molecule has 3 rings (SSSR count). The van der Waals surface area contributed by atoms with E-state index in [1.807, 2.05) is 69.3 Å². The normalized spacial score (nSPS) is 13.4. The van der Waals surface area contributed by atoms with Crippen molar-refractivity contribution in [3.63, 3.8) is 0 Å². The molecule has 7 nitrogen and oxygen atoms in total. The van der Waals surface area contributed by atoms with Gasteiger partial charge in [-0.2, -0.15) is 4.31 Å². The first-order valence-corrected chi connectivity index (χ1v) is 13.6. The second-order valence-corrected chi connectivity index (χ2v) is 11.3. The summed E-state index contributed by atoms with van der Waals surface area (Å²) >= 11 is 0. The lowest BCUT2D eigenvalue weighted by Gasteiger charge is -2.31. The Labute approximate surface area is 214 Å². The molecule has 0 saturated heterocycles. The summed E-state index contributed by atoms with van der Waals surface area (Å²) in [5.41, 5.74) is 1.89. The highest BCUT2D eigenvalue weighted by atomic mass is 32.2.